The highest BCUT2D eigenvalue weighted by Gasteiger charge is 2.26. The summed E-state index contributed by atoms with van der Waals surface area (Å²) in [6, 6.07) is 12.3. The number of urea groups is 1. The summed E-state index contributed by atoms with van der Waals surface area (Å²) in [7, 11) is 0. The molecule has 2 aliphatic rings. The van der Waals surface area contributed by atoms with Gasteiger partial charge in [0.1, 0.15) is 0 Å². The number of amides is 3. The largest absolute Gasteiger partial charge is 0.371 e. The van der Waals surface area contributed by atoms with E-state index in [0.717, 1.165) is 44.5 Å². The van der Waals surface area contributed by atoms with Gasteiger partial charge in [-0.05, 0) is 68.1 Å². The Morgan fingerprint density at radius 3 is 2.25 bits per heavy atom. The average molecular weight is 399 g/mol. The summed E-state index contributed by atoms with van der Waals surface area (Å²) in [5.74, 6) is -0.0776. The zero-order valence-electron chi connectivity index (χ0n) is 15.5. The Balaban J connectivity index is 1.50. The van der Waals surface area contributed by atoms with Gasteiger partial charge in [0.05, 0.1) is 5.56 Å². The van der Waals surface area contributed by atoms with Crippen molar-refractivity contribution in [2.24, 2.45) is 0 Å². The van der Waals surface area contributed by atoms with Crippen LogP contribution in [0.4, 0.5) is 21.9 Å². The number of rotatable bonds is 5. The first kappa shape index (κ1) is 18.6. The summed E-state index contributed by atoms with van der Waals surface area (Å²) in [6.45, 7) is 1.90. The van der Waals surface area contributed by atoms with E-state index in [9.17, 15) is 9.59 Å². The minimum absolute atomic E-state index is 0.0776. The lowest BCUT2D eigenvalue weighted by Gasteiger charge is -2.22. The summed E-state index contributed by atoms with van der Waals surface area (Å²) >= 11 is 5.86. The zero-order chi connectivity index (χ0) is 19.5. The maximum absolute atomic E-state index is 12.8. The van der Waals surface area contributed by atoms with Crippen molar-refractivity contribution in [2.75, 3.05) is 28.6 Å². The fraction of sp³-hybridized carbons (Fsp3) is 0.333. The molecule has 1 aliphatic heterocycles. The van der Waals surface area contributed by atoms with Crippen molar-refractivity contribution in [3.8, 4) is 0 Å². The molecule has 2 fully saturated rings. The van der Waals surface area contributed by atoms with Crippen LogP contribution in [-0.4, -0.2) is 31.1 Å². The lowest BCUT2D eigenvalue weighted by Crippen LogP contribution is -2.29. The highest BCUT2D eigenvalue weighted by molar-refractivity contribution is 6.30. The highest BCUT2D eigenvalue weighted by Crippen LogP contribution is 2.29. The van der Waals surface area contributed by atoms with E-state index < -0.39 is 0 Å². The predicted octanol–water partition coefficient (Wildman–Crippen LogP) is 4.48. The third kappa shape index (κ3) is 4.57. The van der Waals surface area contributed by atoms with Crippen molar-refractivity contribution in [2.45, 2.75) is 31.7 Å². The van der Waals surface area contributed by atoms with Gasteiger partial charge in [-0.15, -0.1) is 0 Å². The molecular weight excluding hydrogens is 376 g/mol. The van der Waals surface area contributed by atoms with Gasteiger partial charge in [-0.1, -0.05) is 11.6 Å². The van der Waals surface area contributed by atoms with E-state index in [4.69, 9.17) is 11.6 Å². The number of nitrogens with zero attached hydrogens (tertiary/aromatic N) is 1. The molecule has 146 valence electrons. The number of nitrogens with one attached hydrogen (secondary N) is 3. The molecule has 7 heteroatoms. The first-order valence-electron chi connectivity index (χ1n) is 9.62. The number of halogens is 1. The van der Waals surface area contributed by atoms with Crippen molar-refractivity contribution < 1.29 is 9.59 Å². The van der Waals surface area contributed by atoms with Crippen LogP contribution in [0.2, 0.25) is 5.02 Å². The lowest BCUT2D eigenvalue weighted by molar-refractivity contribution is 0.0951. The molecule has 0 atom stereocenters. The molecule has 1 saturated heterocycles. The number of carbonyl (C=O) groups is 2. The van der Waals surface area contributed by atoms with Gasteiger partial charge in [0.15, 0.2) is 0 Å². The Hall–Kier alpha value is -2.73. The molecule has 2 aromatic rings. The molecular formula is C21H23ClN4O2. The van der Waals surface area contributed by atoms with Crippen LogP contribution in [0.5, 0.6) is 0 Å². The van der Waals surface area contributed by atoms with Crippen LogP contribution < -0.4 is 20.9 Å². The normalized spacial score (nSPS) is 16.0. The van der Waals surface area contributed by atoms with E-state index in [1.54, 1.807) is 30.3 Å². The fourth-order valence-corrected chi connectivity index (χ4v) is 3.47. The molecule has 1 saturated carbocycles. The van der Waals surface area contributed by atoms with Crippen molar-refractivity contribution in [3.63, 3.8) is 0 Å². The predicted molar refractivity (Wildman–Crippen MR) is 112 cm³/mol. The Morgan fingerprint density at radius 2 is 1.57 bits per heavy atom. The Kier molecular flexibility index (Phi) is 5.39. The molecule has 1 heterocycles. The van der Waals surface area contributed by atoms with Crippen LogP contribution in [0.1, 0.15) is 36.0 Å². The number of hydrogen-bond donors (Lipinski definition) is 3. The molecule has 28 heavy (non-hydrogen) atoms. The summed E-state index contributed by atoms with van der Waals surface area (Å²) in [4.78, 5) is 27.3. The third-order valence-electron chi connectivity index (χ3n) is 4.96. The maximum atomic E-state index is 12.8. The van der Waals surface area contributed by atoms with Crippen molar-refractivity contribution in [3.05, 3.63) is 53.1 Å². The van der Waals surface area contributed by atoms with Gasteiger partial charge in [-0.3, -0.25) is 4.79 Å². The quantitative estimate of drug-likeness (QED) is 0.695. The highest BCUT2D eigenvalue weighted by atomic mass is 35.5. The molecule has 4 rings (SSSR count). The molecule has 0 bridgehead atoms. The van der Waals surface area contributed by atoms with E-state index in [0.29, 0.717) is 22.0 Å². The minimum atomic E-state index is -0.371. The molecule has 0 aromatic heterocycles. The van der Waals surface area contributed by atoms with Crippen molar-refractivity contribution >= 4 is 40.6 Å². The van der Waals surface area contributed by atoms with Gasteiger partial charge in [0, 0.05) is 41.2 Å². The summed E-state index contributed by atoms with van der Waals surface area (Å²) < 4.78 is 0. The number of hydrogen-bond acceptors (Lipinski definition) is 3. The van der Waals surface area contributed by atoms with E-state index in [1.807, 2.05) is 12.1 Å². The summed E-state index contributed by atoms with van der Waals surface area (Å²) in [5, 5.41) is 9.22. The van der Waals surface area contributed by atoms with Gasteiger partial charge in [0.2, 0.25) is 0 Å². The van der Waals surface area contributed by atoms with E-state index in [2.05, 4.69) is 20.9 Å². The fourth-order valence-electron chi connectivity index (χ4n) is 3.35. The van der Waals surface area contributed by atoms with Crippen molar-refractivity contribution in [1.29, 1.82) is 0 Å². The van der Waals surface area contributed by atoms with E-state index >= 15 is 0 Å². The van der Waals surface area contributed by atoms with E-state index in [-0.39, 0.29) is 18.0 Å². The van der Waals surface area contributed by atoms with Crippen LogP contribution in [-0.2, 0) is 0 Å². The molecule has 0 spiro atoms. The Bertz CT molecular complexity index is 874. The zero-order valence-corrected chi connectivity index (χ0v) is 16.3. The van der Waals surface area contributed by atoms with Gasteiger partial charge in [-0.25, -0.2) is 4.79 Å². The van der Waals surface area contributed by atoms with Crippen LogP contribution >= 0.6 is 11.6 Å². The van der Waals surface area contributed by atoms with Crippen molar-refractivity contribution in [1.82, 2.24) is 5.32 Å². The second-order valence-electron chi connectivity index (χ2n) is 7.26. The SMILES string of the molecule is O=C(Nc1ccc(Cl)cc1)Nc1ccc(N2CCCC2)c(C(=O)NC2CC2)c1. The summed E-state index contributed by atoms with van der Waals surface area (Å²) in [6.07, 6.45) is 4.33. The molecule has 1 aliphatic carbocycles. The third-order valence-corrected chi connectivity index (χ3v) is 5.21. The number of carbonyl (C=O) groups excluding carboxylic acids is 2. The smallest absolute Gasteiger partial charge is 0.323 e. The monoisotopic (exact) mass is 398 g/mol. The minimum Gasteiger partial charge on any atom is -0.371 e. The van der Waals surface area contributed by atoms with E-state index in [1.165, 1.54) is 0 Å². The molecule has 2 aromatic carbocycles. The molecule has 3 amide bonds. The van der Waals surface area contributed by atoms with Crippen LogP contribution in [0, 0.1) is 0 Å². The van der Waals surface area contributed by atoms with Crippen LogP contribution in [0.3, 0.4) is 0 Å². The second-order valence-corrected chi connectivity index (χ2v) is 7.70. The second kappa shape index (κ2) is 8.10. The van der Waals surface area contributed by atoms with Crippen LogP contribution in [0.15, 0.2) is 42.5 Å². The molecule has 6 nitrogen and oxygen atoms in total. The van der Waals surface area contributed by atoms with Gasteiger partial charge < -0.3 is 20.9 Å². The Labute approximate surface area is 169 Å². The van der Waals surface area contributed by atoms with Gasteiger partial charge >= 0.3 is 6.03 Å². The number of anilines is 3. The standard InChI is InChI=1S/C21H23ClN4O2/c22-14-3-5-16(6-4-14)24-21(28)25-17-9-10-19(26-11-1-2-12-26)18(13-17)20(27)23-15-7-8-15/h3-6,9-10,13,15H,1-2,7-8,11-12H2,(H,23,27)(H2,24,25,28). The maximum Gasteiger partial charge on any atom is 0.323 e. The number of benzene rings is 2. The summed E-state index contributed by atoms with van der Waals surface area (Å²) in [5.41, 5.74) is 2.76. The molecule has 0 radical (unpaired) electrons. The molecule has 0 unspecified atom stereocenters. The first-order chi connectivity index (χ1) is 13.6. The van der Waals surface area contributed by atoms with Gasteiger partial charge in [0.25, 0.3) is 5.91 Å². The Morgan fingerprint density at radius 1 is 0.929 bits per heavy atom. The topological polar surface area (TPSA) is 73.5 Å². The van der Waals surface area contributed by atoms with Crippen LogP contribution in [0.25, 0.3) is 0 Å². The van der Waals surface area contributed by atoms with Gasteiger partial charge in [-0.2, -0.15) is 0 Å². The molecule has 3 N–H and O–H groups in total. The average Bonchev–Trinajstić information content (AvgIpc) is 3.32. The first-order valence-corrected chi connectivity index (χ1v) is 10.00. The lowest BCUT2D eigenvalue weighted by atomic mass is 10.1.